The number of hydrogen-bond acceptors (Lipinski definition) is 5. The fourth-order valence-electron chi connectivity index (χ4n) is 3.95. The van der Waals surface area contributed by atoms with Crippen LogP contribution in [0.25, 0.3) is 0 Å². The minimum Gasteiger partial charge on any atom is -0.444 e. The molecule has 1 amide bonds. The molecule has 2 N–H and O–H groups in total. The molecular weight excluding hydrogens is 402 g/mol. The number of aliphatic imine (C=N–C) groups is 1. The van der Waals surface area contributed by atoms with Crippen LogP contribution in [-0.4, -0.2) is 95.0 Å². The summed E-state index contributed by atoms with van der Waals surface area (Å²) in [4.78, 5) is 20.7. The monoisotopic (exact) mass is 443 g/mol. The van der Waals surface area contributed by atoms with E-state index in [0.29, 0.717) is 24.4 Å². The van der Waals surface area contributed by atoms with E-state index in [-0.39, 0.29) is 6.09 Å². The van der Waals surface area contributed by atoms with Gasteiger partial charge in [0.2, 0.25) is 0 Å². The number of guanidine groups is 1. The Morgan fingerprint density at radius 1 is 1.20 bits per heavy atom. The van der Waals surface area contributed by atoms with Crippen molar-refractivity contribution in [3.05, 3.63) is 0 Å². The zero-order valence-corrected chi connectivity index (χ0v) is 20.2. The Bertz CT molecular complexity index is 600. The molecule has 1 saturated heterocycles. The molecule has 1 aliphatic carbocycles. The highest BCUT2D eigenvalue weighted by Gasteiger charge is 2.27. The first-order chi connectivity index (χ1) is 14.2. The SMILES string of the molecule is CCS(=O)C1CCCC(NC(=NC)NCCN2CCN(C(=O)OC(C)(C)C)CC2)C1. The van der Waals surface area contributed by atoms with Crippen molar-refractivity contribution in [2.24, 2.45) is 4.99 Å². The lowest BCUT2D eigenvalue weighted by Gasteiger charge is -2.35. The molecule has 174 valence electrons. The van der Waals surface area contributed by atoms with Crippen molar-refractivity contribution in [1.29, 1.82) is 0 Å². The zero-order valence-electron chi connectivity index (χ0n) is 19.4. The largest absolute Gasteiger partial charge is 0.444 e. The molecule has 1 saturated carbocycles. The van der Waals surface area contributed by atoms with Crippen molar-refractivity contribution in [3.8, 4) is 0 Å². The van der Waals surface area contributed by atoms with Gasteiger partial charge in [-0.05, 0) is 40.0 Å². The molecule has 2 rings (SSSR count). The molecule has 3 unspecified atom stereocenters. The van der Waals surface area contributed by atoms with Crippen LogP contribution in [0.15, 0.2) is 4.99 Å². The van der Waals surface area contributed by atoms with E-state index in [1.54, 1.807) is 11.9 Å². The molecule has 0 radical (unpaired) electrons. The number of rotatable bonds is 6. The molecule has 2 aliphatic rings. The van der Waals surface area contributed by atoms with Crippen LogP contribution < -0.4 is 10.6 Å². The Labute approximate surface area is 184 Å². The predicted octanol–water partition coefficient (Wildman–Crippen LogP) is 1.78. The lowest BCUT2D eigenvalue weighted by atomic mass is 9.95. The Morgan fingerprint density at radius 3 is 2.50 bits per heavy atom. The Balaban J connectivity index is 1.67. The number of nitrogens with one attached hydrogen (secondary N) is 2. The third-order valence-corrected chi connectivity index (χ3v) is 7.33. The maximum atomic E-state index is 12.2. The second-order valence-corrected chi connectivity index (χ2v) is 11.1. The van der Waals surface area contributed by atoms with Gasteiger partial charge in [0, 0.05) is 74.2 Å². The van der Waals surface area contributed by atoms with Crippen molar-refractivity contribution < 1.29 is 13.7 Å². The molecule has 9 heteroatoms. The molecule has 0 bridgehead atoms. The number of ether oxygens (including phenoxy) is 1. The van der Waals surface area contributed by atoms with Crippen LogP contribution in [0.1, 0.15) is 53.4 Å². The summed E-state index contributed by atoms with van der Waals surface area (Å²) in [6.07, 6.45) is 4.02. The first-order valence-electron chi connectivity index (χ1n) is 11.3. The van der Waals surface area contributed by atoms with Crippen LogP contribution in [0.2, 0.25) is 0 Å². The molecule has 0 spiro atoms. The summed E-state index contributed by atoms with van der Waals surface area (Å²) in [5, 5.41) is 7.22. The van der Waals surface area contributed by atoms with E-state index in [1.165, 1.54) is 0 Å². The summed E-state index contributed by atoms with van der Waals surface area (Å²) in [5.74, 6) is 1.56. The summed E-state index contributed by atoms with van der Waals surface area (Å²) in [5.41, 5.74) is -0.453. The van der Waals surface area contributed by atoms with Crippen LogP contribution in [0.4, 0.5) is 4.79 Å². The van der Waals surface area contributed by atoms with Crippen molar-refractivity contribution in [3.63, 3.8) is 0 Å². The molecule has 2 fully saturated rings. The fourth-order valence-corrected chi connectivity index (χ4v) is 5.30. The van der Waals surface area contributed by atoms with E-state index in [4.69, 9.17) is 4.74 Å². The molecule has 0 aromatic rings. The Morgan fingerprint density at radius 2 is 1.90 bits per heavy atom. The highest BCUT2D eigenvalue weighted by Crippen LogP contribution is 2.23. The van der Waals surface area contributed by atoms with Gasteiger partial charge in [-0.25, -0.2) is 4.79 Å². The lowest BCUT2D eigenvalue weighted by molar-refractivity contribution is 0.0147. The van der Waals surface area contributed by atoms with Crippen molar-refractivity contribution >= 4 is 22.9 Å². The topological polar surface area (TPSA) is 86.3 Å². The summed E-state index contributed by atoms with van der Waals surface area (Å²) >= 11 is 0. The number of piperazine rings is 1. The predicted molar refractivity (Wildman–Crippen MR) is 123 cm³/mol. The van der Waals surface area contributed by atoms with Crippen molar-refractivity contribution in [2.75, 3.05) is 52.1 Å². The molecular formula is C21H41N5O3S. The van der Waals surface area contributed by atoms with Crippen LogP contribution in [0.5, 0.6) is 0 Å². The van der Waals surface area contributed by atoms with E-state index in [0.717, 1.165) is 63.6 Å². The minimum atomic E-state index is -0.716. The molecule has 0 aromatic carbocycles. The standard InChI is InChI=1S/C21H41N5O3S/c1-6-30(28)18-9-7-8-17(16-18)24-19(22-5)23-10-11-25-12-14-26(15-13-25)20(27)29-21(2,3)4/h17-18H,6-16H2,1-5H3,(H2,22,23,24). The van der Waals surface area contributed by atoms with E-state index in [1.807, 2.05) is 27.7 Å². The van der Waals surface area contributed by atoms with Crippen molar-refractivity contribution in [1.82, 2.24) is 20.4 Å². The highest BCUT2D eigenvalue weighted by molar-refractivity contribution is 7.85. The third kappa shape index (κ3) is 8.41. The fraction of sp³-hybridized carbons (Fsp3) is 0.905. The first-order valence-corrected chi connectivity index (χ1v) is 12.6. The van der Waals surface area contributed by atoms with Gasteiger partial charge in [-0.15, -0.1) is 0 Å². The highest BCUT2D eigenvalue weighted by atomic mass is 32.2. The molecule has 8 nitrogen and oxygen atoms in total. The normalized spacial score (nSPS) is 25.0. The molecule has 1 aliphatic heterocycles. The quantitative estimate of drug-likeness (QED) is 0.481. The maximum absolute atomic E-state index is 12.2. The van der Waals surface area contributed by atoms with Gasteiger partial charge in [-0.2, -0.15) is 0 Å². The van der Waals surface area contributed by atoms with Gasteiger partial charge in [-0.1, -0.05) is 13.3 Å². The number of carbonyl (C=O) groups is 1. The van der Waals surface area contributed by atoms with Crippen LogP contribution >= 0.6 is 0 Å². The summed E-state index contributed by atoms with van der Waals surface area (Å²) in [7, 11) is 1.08. The summed E-state index contributed by atoms with van der Waals surface area (Å²) in [6, 6.07) is 0.336. The van der Waals surface area contributed by atoms with Crippen LogP contribution in [0, 0.1) is 0 Å². The Hall–Kier alpha value is -1.35. The van der Waals surface area contributed by atoms with E-state index >= 15 is 0 Å². The number of nitrogens with zero attached hydrogens (tertiary/aromatic N) is 3. The second-order valence-electron chi connectivity index (χ2n) is 9.11. The smallest absolute Gasteiger partial charge is 0.410 e. The van der Waals surface area contributed by atoms with Gasteiger partial charge >= 0.3 is 6.09 Å². The summed E-state index contributed by atoms with van der Waals surface area (Å²) < 4.78 is 17.6. The third-order valence-electron chi connectivity index (χ3n) is 5.59. The van der Waals surface area contributed by atoms with Gasteiger partial charge in [0.1, 0.15) is 5.60 Å². The number of carbonyl (C=O) groups excluding carboxylic acids is 1. The lowest BCUT2D eigenvalue weighted by Crippen LogP contribution is -2.52. The summed E-state index contributed by atoms with van der Waals surface area (Å²) in [6.45, 7) is 12.5. The van der Waals surface area contributed by atoms with Crippen LogP contribution in [-0.2, 0) is 15.5 Å². The van der Waals surface area contributed by atoms with E-state index in [9.17, 15) is 9.00 Å². The van der Waals surface area contributed by atoms with Gasteiger partial charge in [-0.3, -0.25) is 14.1 Å². The zero-order chi connectivity index (χ0) is 22.1. The second kappa shape index (κ2) is 11.9. The van der Waals surface area contributed by atoms with E-state index in [2.05, 4.69) is 20.5 Å². The molecule has 0 aromatic heterocycles. The average Bonchev–Trinajstić information content (AvgIpc) is 2.71. The maximum Gasteiger partial charge on any atom is 0.410 e. The first kappa shape index (κ1) is 24.9. The van der Waals surface area contributed by atoms with Gasteiger partial charge < -0.3 is 20.3 Å². The van der Waals surface area contributed by atoms with Crippen molar-refractivity contribution in [2.45, 2.75) is 70.3 Å². The minimum absolute atomic E-state index is 0.223. The molecule has 1 heterocycles. The number of amides is 1. The van der Waals surface area contributed by atoms with Gasteiger partial charge in [0.25, 0.3) is 0 Å². The van der Waals surface area contributed by atoms with Gasteiger partial charge in [0.05, 0.1) is 0 Å². The van der Waals surface area contributed by atoms with Gasteiger partial charge in [0.15, 0.2) is 5.96 Å². The molecule has 3 atom stereocenters. The van der Waals surface area contributed by atoms with E-state index < -0.39 is 16.4 Å². The number of hydrogen-bond donors (Lipinski definition) is 2. The Kier molecular flexibility index (Phi) is 9.87. The molecule has 30 heavy (non-hydrogen) atoms. The average molecular weight is 444 g/mol. The van der Waals surface area contributed by atoms with Crippen LogP contribution in [0.3, 0.4) is 0 Å².